The fourth-order valence-electron chi connectivity index (χ4n) is 2.98. The van der Waals surface area contributed by atoms with E-state index in [-0.39, 0.29) is 29.7 Å². The summed E-state index contributed by atoms with van der Waals surface area (Å²) in [7, 11) is -3.21. The molecular formula is C22H24FN3O4S. The van der Waals surface area contributed by atoms with Crippen LogP contribution in [0.15, 0.2) is 59.1 Å². The normalized spacial score (nSPS) is 11.4. The van der Waals surface area contributed by atoms with E-state index >= 15 is 0 Å². The molecule has 0 aliphatic rings. The molecule has 0 unspecified atom stereocenters. The summed E-state index contributed by atoms with van der Waals surface area (Å²) >= 11 is 0. The van der Waals surface area contributed by atoms with Crippen molar-refractivity contribution < 1.29 is 22.1 Å². The molecule has 0 saturated carbocycles. The molecule has 1 N–H and O–H groups in total. The molecule has 3 aromatic rings. The van der Waals surface area contributed by atoms with Gasteiger partial charge < -0.3 is 9.84 Å². The van der Waals surface area contributed by atoms with E-state index < -0.39 is 9.84 Å². The van der Waals surface area contributed by atoms with E-state index in [1.165, 1.54) is 12.1 Å². The Balaban J connectivity index is 1.32. The maximum absolute atomic E-state index is 13.0. The highest BCUT2D eigenvalue weighted by atomic mass is 32.2. The first-order valence-electron chi connectivity index (χ1n) is 10.0. The highest BCUT2D eigenvalue weighted by Gasteiger charge is 2.12. The van der Waals surface area contributed by atoms with Crippen molar-refractivity contribution in [2.45, 2.75) is 31.4 Å². The number of hydrogen-bond acceptors (Lipinski definition) is 6. The van der Waals surface area contributed by atoms with Crippen molar-refractivity contribution in [3.05, 3.63) is 71.9 Å². The van der Waals surface area contributed by atoms with Crippen molar-refractivity contribution >= 4 is 15.7 Å². The zero-order valence-corrected chi connectivity index (χ0v) is 17.8. The van der Waals surface area contributed by atoms with Gasteiger partial charge in [0.15, 0.2) is 9.84 Å². The zero-order chi connectivity index (χ0) is 22.1. The van der Waals surface area contributed by atoms with Gasteiger partial charge in [-0.25, -0.2) is 12.8 Å². The van der Waals surface area contributed by atoms with Gasteiger partial charge in [-0.1, -0.05) is 35.5 Å². The fraction of sp³-hybridized carbons (Fsp3) is 0.318. The number of aryl methyl sites for hydroxylation is 1. The van der Waals surface area contributed by atoms with Gasteiger partial charge in [-0.05, 0) is 42.7 Å². The molecule has 2 aromatic carbocycles. The van der Waals surface area contributed by atoms with Gasteiger partial charge in [-0.15, -0.1) is 0 Å². The van der Waals surface area contributed by atoms with Crippen molar-refractivity contribution in [2.24, 2.45) is 0 Å². The summed E-state index contributed by atoms with van der Waals surface area (Å²) in [5, 5.41) is 6.60. The number of rotatable bonds is 11. The van der Waals surface area contributed by atoms with Gasteiger partial charge in [0, 0.05) is 24.9 Å². The van der Waals surface area contributed by atoms with E-state index in [2.05, 4.69) is 15.5 Å². The first-order valence-corrected chi connectivity index (χ1v) is 11.8. The molecule has 0 aliphatic heterocycles. The minimum atomic E-state index is -3.21. The number of sulfone groups is 1. The van der Waals surface area contributed by atoms with Crippen LogP contribution in [0.3, 0.4) is 0 Å². The van der Waals surface area contributed by atoms with Gasteiger partial charge in [-0.2, -0.15) is 4.98 Å². The number of carbonyl (C=O) groups is 1. The number of nitrogens with zero attached hydrogens (tertiary/aromatic N) is 2. The Labute approximate surface area is 180 Å². The minimum absolute atomic E-state index is 0.00583. The Bertz CT molecular complexity index is 1080. The van der Waals surface area contributed by atoms with Crippen LogP contribution >= 0.6 is 0 Å². The Hall–Kier alpha value is -3.07. The molecule has 0 spiro atoms. The molecule has 0 atom stereocenters. The summed E-state index contributed by atoms with van der Waals surface area (Å²) in [6, 6.07) is 14.8. The number of amides is 1. The predicted molar refractivity (Wildman–Crippen MR) is 114 cm³/mol. The monoisotopic (exact) mass is 445 g/mol. The average Bonchev–Trinajstić information content (AvgIpc) is 3.21. The summed E-state index contributed by atoms with van der Waals surface area (Å²) in [5.41, 5.74) is 1.41. The Morgan fingerprint density at radius 3 is 2.52 bits per heavy atom. The maximum atomic E-state index is 13.0. The van der Waals surface area contributed by atoms with Crippen LogP contribution < -0.4 is 5.32 Å². The van der Waals surface area contributed by atoms with Gasteiger partial charge in [0.05, 0.1) is 11.5 Å². The molecule has 9 heteroatoms. The van der Waals surface area contributed by atoms with Crippen molar-refractivity contribution in [1.29, 1.82) is 0 Å². The summed E-state index contributed by atoms with van der Waals surface area (Å²) in [6.45, 7) is 0.308. The standard InChI is InChI=1S/C22H24FN3O4S/c23-19-12-10-18(11-13-19)22-25-21(30-26-22)9-4-8-20(27)24-14-5-15-31(28,29)16-17-6-2-1-3-7-17/h1-3,6-7,10-13H,4-5,8-9,14-16H2,(H,24,27). The van der Waals surface area contributed by atoms with Gasteiger partial charge in [-0.3, -0.25) is 4.79 Å². The zero-order valence-electron chi connectivity index (χ0n) is 17.0. The molecule has 0 aliphatic carbocycles. The average molecular weight is 446 g/mol. The van der Waals surface area contributed by atoms with Crippen LogP contribution in [-0.2, 0) is 26.8 Å². The number of aromatic nitrogens is 2. The van der Waals surface area contributed by atoms with E-state index in [1.807, 2.05) is 18.2 Å². The lowest BCUT2D eigenvalue weighted by molar-refractivity contribution is -0.121. The third kappa shape index (κ3) is 7.60. The largest absolute Gasteiger partial charge is 0.356 e. The van der Waals surface area contributed by atoms with Crippen LogP contribution in [0.5, 0.6) is 0 Å². The third-order valence-electron chi connectivity index (χ3n) is 4.55. The number of nitrogens with one attached hydrogen (secondary N) is 1. The smallest absolute Gasteiger partial charge is 0.226 e. The molecule has 164 valence electrons. The molecular weight excluding hydrogens is 421 g/mol. The number of halogens is 1. The summed E-state index contributed by atoms with van der Waals surface area (Å²) in [6.07, 6.45) is 1.59. The molecule has 0 bridgehead atoms. The van der Waals surface area contributed by atoms with Crippen LogP contribution in [-0.4, -0.2) is 36.8 Å². The second-order valence-corrected chi connectivity index (χ2v) is 9.34. The number of hydrogen-bond donors (Lipinski definition) is 1. The van der Waals surface area contributed by atoms with Crippen LogP contribution in [0.25, 0.3) is 11.4 Å². The highest BCUT2D eigenvalue weighted by molar-refractivity contribution is 7.90. The third-order valence-corrected chi connectivity index (χ3v) is 6.23. The highest BCUT2D eigenvalue weighted by Crippen LogP contribution is 2.16. The SMILES string of the molecule is O=C(CCCc1nc(-c2ccc(F)cc2)no1)NCCCS(=O)(=O)Cc1ccccc1. The number of carbonyl (C=O) groups excluding carboxylic acids is 1. The van der Waals surface area contributed by atoms with E-state index in [0.717, 1.165) is 5.56 Å². The minimum Gasteiger partial charge on any atom is -0.356 e. The topological polar surface area (TPSA) is 102 Å². The van der Waals surface area contributed by atoms with Crippen molar-refractivity contribution in [2.75, 3.05) is 12.3 Å². The molecule has 0 saturated heterocycles. The Kier molecular flexibility index (Phi) is 7.88. The summed E-state index contributed by atoms with van der Waals surface area (Å²) < 4.78 is 42.4. The quantitative estimate of drug-likeness (QED) is 0.454. The molecule has 0 fully saturated rings. The lowest BCUT2D eigenvalue weighted by Crippen LogP contribution is -2.26. The first kappa shape index (κ1) is 22.6. The molecule has 0 radical (unpaired) electrons. The van der Waals surface area contributed by atoms with E-state index in [4.69, 9.17) is 4.52 Å². The van der Waals surface area contributed by atoms with Crippen LogP contribution in [0.1, 0.15) is 30.7 Å². The van der Waals surface area contributed by atoms with Gasteiger partial charge in [0.25, 0.3) is 0 Å². The van der Waals surface area contributed by atoms with Gasteiger partial charge in [0.2, 0.25) is 17.6 Å². The lowest BCUT2D eigenvalue weighted by Gasteiger charge is -2.06. The molecule has 7 nitrogen and oxygen atoms in total. The van der Waals surface area contributed by atoms with E-state index in [0.29, 0.717) is 43.1 Å². The lowest BCUT2D eigenvalue weighted by atomic mass is 10.2. The van der Waals surface area contributed by atoms with Gasteiger partial charge in [0.1, 0.15) is 5.82 Å². The molecule has 3 rings (SSSR count). The van der Waals surface area contributed by atoms with Gasteiger partial charge >= 0.3 is 0 Å². The number of benzene rings is 2. The predicted octanol–water partition coefficient (Wildman–Crippen LogP) is 3.32. The van der Waals surface area contributed by atoms with E-state index in [9.17, 15) is 17.6 Å². The van der Waals surface area contributed by atoms with Crippen molar-refractivity contribution in [3.8, 4) is 11.4 Å². The Morgan fingerprint density at radius 2 is 1.77 bits per heavy atom. The summed E-state index contributed by atoms with van der Waals surface area (Å²) in [5.74, 6) is 0.309. The van der Waals surface area contributed by atoms with Crippen LogP contribution in [0.2, 0.25) is 0 Å². The van der Waals surface area contributed by atoms with E-state index in [1.54, 1.807) is 24.3 Å². The fourth-order valence-corrected chi connectivity index (χ4v) is 4.41. The maximum Gasteiger partial charge on any atom is 0.226 e. The van der Waals surface area contributed by atoms with Crippen molar-refractivity contribution in [3.63, 3.8) is 0 Å². The van der Waals surface area contributed by atoms with Crippen LogP contribution in [0, 0.1) is 5.82 Å². The molecule has 1 heterocycles. The molecule has 1 aromatic heterocycles. The second-order valence-electron chi connectivity index (χ2n) is 7.15. The Morgan fingerprint density at radius 1 is 1.03 bits per heavy atom. The molecule has 31 heavy (non-hydrogen) atoms. The second kappa shape index (κ2) is 10.8. The molecule has 1 amide bonds. The van der Waals surface area contributed by atoms with Crippen molar-refractivity contribution in [1.82, 2.24) is 15.5 Å². The summed E-state index contributed by atoms with van der Waals surface area (Å²) in [4.78, 5) is 16.2. The van der Waals surface area contributed by atoms with Crippen LogP contribution in [0.4, 0.5) is 4.39 Å². The first-order chi connectivity index (χ1) is 14.9.